The molecule has 0 rings (SSSR count). The molecule has 52 valence electrons. The molecule has 2 heteroatoms. The van der Waals surface area contributed by atoms with Crippen LogP contribution in [-0.2, 0) is 25.8 Å². The zero-order valence-electron chi connectivity index (χ0n) is 6.15. The van der Waals surface area contributed by atoms with E-state index in [0.29, 0.717) is 0 Å². The minimum absolute atomic E-state index is 0. The van der Waals surface area contributed by atoms with Gasteiger partial charge in [0.25, 0.3) is 0 Å². The van der Waals surface area contributed by atoms with Crippen molar-refractivity contribution in [3.63, 3.8) is 0 Å². The molecule has 0 aliphatic carbocycles. The van der Waals surface area contributed by atoms with Gasteiger partial charge in [-0.25, -0.2) is 0 Å². The normalized spacial score (nSPS) is 4.50. The standard InChI is InChI=1S/2C3H7.Hf.H2O/c2*1-3-2;;/h2*3H,1-2H3;;1H2/q2*-1;;. The Morgan fingerprint density at radius 3 is 0.750 bits per heavy atom. The van der Waals surface area contributed by atoms with Gasteiger partial charge in [0.15, 0.2) is 0 Å². The van der Waals surface area contributed by atoms with Gasteiger partial charge >= 0.3 is 0 Å². The van der Waals surface area contributed by atoms with Gasteiger partial charge in [-0.15, -0.1) is 0 Å². The summed E-state index contributed by atoms with van der Waals surface area (Å²) < 4.78 is 0. The summed E-state index contributed by atoms with van der Waals surface area (Å²) in [6.45, 7) is 8.00. The minimum atomic E-state index is 0. The zero-order valence-corrected chi connectivity index (χ0v) is 9.75. The summed E-state index contributed by atoms with van der Waals surface area (Å²) in [6, 6.07) is 0. The maximum atomic E-state index is 2.00. The van der Waals surface area contributed by atoms with E-state index in [-0.39, 0.29) is 31.3 Å². The molecule has 0 bridgehead atoms. The second-order valence-electron chi connectivity index (χ2n) is 1.15. The maximum absolute atomic E-state index is 2.00. The third kappa shape index (κ3) is 337. The van der Waals surface area contributed by atoms with Crippen LogP contribution in [0.3, 0.4) is 0 Å². The first-order valence-electron chi connectivity index (χ1n) is 2.31. The summed E-state index contributed by atoms with van der Waals surface area (Å²) in [5.74, 6) is 0. The first-order chi connectivity index (χ1) is 2.83. The molecule has 0 atom stereocenters. The molecule has 0 aliphatic rings. The van der Waals surface area contributed by atoms with Gasteiger partial charge in [-0.05, 0) is 0 Å². The van der Waals surface area contributed by atoms with Crippen molar-refractivity contribution in [3.8, 4) is 0 Å². The third-order valence-corrected chi connectivity index (χ3v) is 0. The SMILES string of the molecule is C[CH-]C.C[CH-]C.O.[Hf]. The predicted molar refractivity (Wildman–Crippen MR) is 34.9 cm³/mol. The van der Waals surface area contributed by atoms with Crippen LogP contribution in [-0.4, -0.2) is 5.48 Å². The van der Waals surface area contributed by atoms with Crippen molar-refractivity contribution in [1.29, 1.82) is 0 Å². The van der Waals surface area contributed by atoms with Crippen molar-refractivity contribution in [2.24, 2.45) is 0 Å². The van der Waals surface area contributed by atoms with Crippen LogP contribution in [0.1, 0.15) is 27.7 Å². The summed E-state index contributed by atoms with van der Waals surface area (Å²) in [7, 11) is 0. The molecular formula is C6H16HfO-2. The van der Waals surface area contributed by atoms with Crippen LogP contribution in [0.2, 0.25) is 0 Å². The summed E-state index contributed by atoms with van der Waals surface area (Å²) in [6.07, 6.45) is 4.00. The molecule has 0 aromatic heterocycles. The van der Waals surface area contributed by atoms with Gasteiger partial charge in [0.1, 0.15) is 0 Å². The van der Waals surface area contributed by atoms with Crippen LogP contribution in [0.15, 0.2) is 0 Å². The monoisotopic (exact) mass is 284 g/mol. The number of rotatable bonds is 0. The van der Waals surface area contributed by atoms with E-state index < -0.39 is 0 Å². The van der Waals surface area contributed by atoms with Crippen LogP contribution >= 0.6 is 0 Å². The molecule has 0 spiro atoms. The van der Waals surface area contributed by atoms with Gasteiger partial charge in [0.05, 0.1) is 0 Å². The van der Waals surface area contributed by atoms with E-state index in [1.165, 1.54) is 0 Å². The van der Waals surface area contributed by atoms with E-state index in [4.69, 9.17) is 0 Å². The van der Waals surface area contributed by atoms with Gasteiger partial charge in [0, 0.05) is 25.8 Å². The predicted octanol–water partition coefficient (Wildman–Crippen LogP) is 1.63. The maximum Gasteiger partial charge on any atom is 0 e. The Bertz CT molecular complexity index is 10.5. The van der Waals surface area contributed by atoms with E-state index in [2.05, 4.69) is 0 Å². The molecule has 1 nitrogen and oxygen atoms in total. The summed E-state index contributed by atoms with van der Waals surface area (Å²) in [5.41, 5.74) is 0. The van der Waals surface area contributed by atoms with Crippen LogP contribution in [0, 0.1) is 12.8 Å². The van der Waals surface area contributed by atoms with E-state index in [0.717, 1.165) is 0 Å². The van der Waals surface area contributed by atoms with Crippen molar-refractivity contribution in [2.45, 2.75) is 27.7 Å². The van der Waals surface area contributed by atoms with Crippen molar-refractivity contribution >= 4 is 0 Å². The number of hydrogen-bond donors (Lipinski definition) is 0. The van der Waals surface area contributed by atoms with Gasteiger partial charge in [-0.2, -0.15) is 27.7 Å². The van der Waals surface area contributed by atoms with Gasteiger partial charge in [-0.3, -0.25) is 0 Å². The van der Waals surface area contributed by atoms with Crippen molar-refractivity contribution in [2.75, 3.05) is 0 Å². The second-order valence-corrected chi connectivity index (χ2v) is 1.15. The van der Waals surface area contributed by atoms with Crippen LogP contribution in [0.4, 0.5) is 0 Å². The third-order valence-electron chi connectivity index (χ3n) is 0. The van der Waals surface area contributed by atoms with Crippen molar-refractivity contribution in [1.82, 2.24) is 0 Å². The Kier molecular flexibility index (Phi) is 132. The molecule has 2 N–H and O–H groups in total. The summed E-state index contributed by atoms with van der Waals surface area (Å²) in [5, 5.41) is 0. The van der Waals surface area contributed by atoms with Gasteiger partial charge in [-0.1, -0.05) is 0 Å². The molecule has 0 saturated heterocycles. The van der Waals surface area contributed by atoms with Gasteiger partial charge in [0.2, 0.25) is 0 Å². The van der Waals surface area contributed by atoms with Crippen LogP contribution < -0.4 is 0 Å². The van der Waals surface area contributed by atoms with Crippen molar-refractivity contribution < 1.29 is 31.3 Å². The Hall–Kier alpha value is 0.830. The Morgan fingerprint density at radius 2 is 0.750 bits per heavy atom. The molecule has 0 amide bonds. The molecule has 8 heavy (non-hydrogen) atoms. The average Bonchev–Trinajstić information content (AvgIpc) is 1.39. The Morgan fingerprint density at radius 1 is 0.750 bits per heavy atom. The Balaban J connectivity index is -0.0000000160. The molecule has 0 unspecified atom stereocenters. The molecular weight excluding hydrogens is 267 g/mol. The van der Waals surface area contributed by atoms with Crippen LogP contribution in [0.25, 0.3) is 0 Å². The van der Waals surface area contributed by atoms with Crippen molar-refractivity contribution in [3.05, 3.63) is 12.8 Å². The average molecular weight is 283 g/mol. The molecule has 0 aliphatic heterocycles. The fourth-order valence-corrected chi connectivity index (χ4v) is 0. The quantitative estimate of drug-likeness (QED) is 0.478. The smallest absolute Gasteiger partial charge is 0 e. The number of hydrogen-bond acceptors (Lipinski definition) is 0. The van der Waals surface area contributed by atoms with E-state index in [9.17, 15) is 0 Å². The largest absolute Gasteiger partial charge is 0.412 e. The first kappa shape index (κ1) is 23.2. The summed E-state index contributed by atoms with van der Waals surface area (Å²) in [4.78, 5) is 0. The minimum Gasteiger partial charge on any atom is -0.412 e. The molecule has 0 aromatic rings. The molecule has 0 heterocycles. The molecule has 0 radical (unpaired) electrons. The second kappa shape index (κ2) is 45.6. The van der Waals surface area contributed by atoms with Gasteiger partial charge < -0.3 is 18.3 Å². The topological polar surface area (TPSA) is 31.5 Å². The van der Waals surface area contributed by atoms with E-state index in [1.807, 2.05) is 40.5 Å². The fraction of sp³-hybridized carbons (Fsp3) is 0.667. The fourth-order valence-electron chi connectivity index (χ4n) is 0. The Labute approximate surface area is 72.0 Å². The molecule has 0 saturated carbocycles. The first-order valence-corrected chi connectivity index (χ1v) is 2.31. The van der Waals surface area contributed by atoms with E-state index in [1.54, 1.807) is 0 Å². The zero-order chi connectivity index (χ0) is 5.41. The summed E-state index contributed by atoms with van der Waals surface area (Å²) >= 11 is 0. The van der Waals surface area contributed by atoms with E-state index >= 15 is 0 Å². The van der Waals surface area contributed by atoms with Crippen LogP contribution in [0.5, 0.6) is 0 Å². The molecule has 0 fully saturated rings. The molecule has 0 aromatic carbocycles.